The van der Waals surface area contributed by atoms with Crippen LogP contribution in [-0.2, 0) is 9.53 Å². The number of halogens is 2. The lowest BCUT2D eigenvalue weighted by atomic mass is 10.1. The third-order valence-electron chi connectivity index (χ3n) is 2.66. The van der Waals surface area contributed by atoms with Crippen molar-refractivity contribution in [2.75, 3.05) is 6.61 Å². The third-order valence-corrected chi connectivity index (χ3v) is 2.66. The van der Waals surface area contributed by atoms with E-state index in [4.69, 9.17) is 0 Å². The molecule has 2 aromatic heterocycles. The van der Waals surface area contributed by atoms with Crippen molar-refractivity contribution in [2.24, 2.45) is 0 Å². The number of nitrogens with zero attached hydrogens (tertiary/aromatic N) is 2. The van der Waals surface area contributed by atoms with E-state index in [1.165, 1.54) is 25.3 Å². The van der Waals surface area contributed by atoms with E-state index in [1.807, 2.05) is 0 Å². The molecule has 2 heterocycles. The molecule has 1 atom stereocenters. The molecule has 0 amide bonds. The van der Waals surface area contributed by atoms with Crippen LogP contribution in [0.25, 0.3) is 11.0 Å². The number of aromatic nitrogens is 2. The number of hydrogen-bond donors (Lipinski definition) is 1. The largest absolute Gasteiger partial charge is 0.461 e. The van der Waals surface area contributed by atoms with Crippen LogP contribution in [0.15, 0.2) is 30.5 Å². The Kier molecular flexibility index (Phi) is 3.89. The molecule has 0 saturated carbocycles. The second-order valence-corrected chi connectivity index (χ2v) is 4.03. The zero-order valence-corrected chi connectivity index (χ0v) is 10.6. The highest BCUT2D eigenvalue weighted by molar-refractivity contribution is 5.79. The molecule has 0 bridgehead atoms. The Labute approximate surface area is 113 Å². The number of carbonyl (C=O) groups is 1. The molecule has 106 valence electrons. The maximum absolute atomic E-state index is 13.7. The number of aliphatic hydroxyl groups is 1. The van der Waals surface area contributed by atoms with Crippen molar-refractivity contribution in [1.29, 1.82) is 0 Å². The monoisotopic (exact) mass is 282 g/mol. The zero-order valence-electron chi connectivity index (χ0n) is 10.6. The van der Waals surface area contributed by atoms with Gasteiger partial charge in [-0.05, 0) is 31.2 Å². The minimum Gasteiger partial charge on any atom is -0.461 e. The number of pyridine rings is 2. The highest BCUT2D eigenvalue weighted by atomic mass is 19.3. The summed E-state index contributed by atoms with van der Waals surface area (Å²) in [6, 6.07) is 6.10. The van der Waals surface area contributed by atoms with E-state index in [-0.39, 0.29) is 17.9 Å². The van der Waals surface area contributed by atoms with Crippen molar-refractivity contribution in [3.8, 4) is 0 Å². The molecule has 0 aliphatic rings. The molecule has 0 aliphatic carbocycles. The van der Waals surface area contributed by atoms with E-state index >= 15 is 0 Å². The molecule has 1 N–H and O–H groups in total. The Hall–Kier alpha value is -2.15. The van der Waals surface area contributed by atoms with Crippen LogP contribution in [0.1, 0.15) is 18.7 Å². The van der Waals surface area contributed by atoms with Crippen LogP contribution >= 0.6 is 0 Å². The van der Waals surface area contributed by atoms with Crippen LogP contribution in [-0.4, -0.2) is 33.6 Å². The smallest absolute Gasteiger partial charge is 0.380 e. The standard InChI is InChI=1S/C13H12F2N2O3/c1-2-20-12(19)13(14,15)10(18)9-6-5-8-4-3-7-16-11(8)17-9/h3-7,10,18H,2H2,1H3. The van der Waals surface area contributed by atoms with Crippen molar-refractivity contribution < 1.29 is 23.4 Å². The van der Waals surface area contributed by atoms with Crippen LogP contribution in [0.4, 0.5) is 8.78 Å². The SMILES string of the molecule is CCOC(=O)C(F)(F)C(O)c1ccc2cccnc2n1. The number of rotatable bonds is 4. The van der Waals surface area contributed by atoms with Gasteiger partial charge in [0.1, 0.15) is 0 Å². The zero-order chi connectivity index (χ0) is 14.8. The maximum atomic E-state index is 13.7. The predicted molar refractivity (Wildman–Crippen MR) is 66.1 cm³/mol. The average Bonchev–Trinajstić information content (AvgIpc) is 2.46. The highest BCUT2D eigenvalue weighted by Gasteiger charge is 2.49. The molecule has 2 aromatic rings. The maximum Gasteiger partial charge on any atom is 0.380 e. The molecule has 0 saturated heterocycles. The number of carbonyl (C=O) groups excluding carboxylic acids is 1. The molecule has 0 radical (unpaired) electrons. The molecular formula is C13H12F2N2O3. The Morgan fingerprint density at radius 3 is 2.90 bits per heavy atom. The van der Waals surface area contributed by atoms with Crippen molar-refractivity contribution in [1.82, 2.24) is 9.97 Å². The molecule has 20 heavy (non-hydrogen) atoms. The summed E-state index contributed by atoms with van der Waals surface area (Å²) in [6.07, 6.45) is -0.928. The number of esters is 1. The van der Waals surface area contributed by atoms with E-state index in [9.17, 15) is 18.7 Å². The third kappa shape index (κ3) is 2.57. The van der Waals surface area contributed by atoms with Gasteiger partial charge in [-0.1, -0.05) is 0 Å². The first-order valence-corrected chi connectivity index (χ1v) is 5.91. The van der Waals surface area contributed by atoms with E-state index in [1.54, 1.807) is 12.1 Å². The van der Waals surface area contributed by atoms with Crippen LogP contribution < -0.4 is 0 Å². The fraction of sp³-hybridized carbons (Fsp3) is 0.308. The molecule has 1 unspecified atom stereocenters. The molecule has 0 fully saturated rings. The summed E-state index contributed by atoms with van der Waals surface area (Å²) >= 11 is 0. The first-order valence-electron chi connectivity index (χ1n) is 5.91. The summed E-state index contributed by atoms with van der Waals surface area (Å²) in [6.45, 7) is 1.20. The van der Waals surface area contributed by atoms with Gasteiger partial charge < -0.3 is 9.84 Å². The fourth-order valence-electron chi connectivity index (χ4n) is 1.64. The lowest BCUT2D eigenvalue weighted by Crippen LogP contribution is -2.37. The molecule has 0 aliphatic heterocycles. The number of alkyl halides is 2. The summed E-state index contributed by atoms with van der Waals surface area (Å²) in [7, 11) is 0. The Bertz CT molecular complexity index is 634. The van der Waals surface area contributed by atoms with Gasteiger partial charge in [-0.15, -0.1) is 0 Å². The topological polar surface area (TPSA) is 72.3 Å². The molecule has 7 heteroatoms. The minimum atomic E-state index is -4.06. The Balaban J connectivity index is 2.35. The quantitative estimate of drug-likeness (QED) is 0.867. The predicted octanol–water partition coefficient (Wildman–Crippen LogP) is 1.86. The summed E-state index contributed by atoms with van der Waals surface area (Å²) in [5.41, 5.74) is -0.127. The first-order chi connectivity index (χ1) is 9.46. The van der Waals surface area contributed by atoms with Gasteiger partial charge in [-0.25, -0.2) is 14.8 Å². The van der Waals surface area contributed by atoms with Crippen molar-refractivity contribution in [3.63, 3.8) is 0 Å². The van der Waals surface area contributed by atoms with Gasteiger partial charge in [-0.2, -0.15) is 8.78 Å². The van der Waals surface area contributed by atoms with E-state index in [2.05, 4.69) is 14.7 Å². The molecular weight excluding hydrogens is 270 g/mol. The lowest BCUT2D eigenvalue weighted by molar-refractivity contribution is -0.189. The normalized spacial score (nSPS) is 13.2. The van der Waals surface area contributed by atoms with Gasteiger partial charge in [0, 0.05) is 11.6 Å². The average molecular weight is 282 g/mol. The van der Waals surface area contributed by atoms with E-state index in [0.29, 0.717) is 5.39 Å². The first kappa shape index (κ1) is 14.3. The van der Waals surface area contributed by atoms with Gasteiger partial charge in [0.15, 0.2) is 11.8 Å². The summed E-state index contributed by atoms with van der Waals surface area (Å²) in [5.74, 6) is -5.85. The lowest BCUT2D eigenvalue weighted by Gasteiger charge is -2.20. The van der Waals surface area contributed by atoms with Crippen molar-refractivity contribution >= 4 is 17.0 Å². The van der Waals surface area contributed by atoms with Gasteiger partial charge in [0.05, 0.1) is 12.3 Å². The molecule has 0 aromatic carbocycles. The highest BCUT2D eigenvalue weighted by Crippen LogP contribution is 2.32. The van der Waals surface area contributed by atoms with Crippen molar-refractivity contribution in [2.45, 2.75) is 19.0 Å². The Morgan fingerprint density at radius 2 is 2.20 bits per heavy atom. The van der Waals surface area contributed by atoms with Crippen LogP contribution in [0.5, 0.6) is 0 Å². The second-order valence-electron chi connectivity index (χ2n) is 4.03. The second kappa shape index (κ2) is 5.46. The molecule has 0 spiro atoms. The number of aliphatic hydroxyl groups excluding tert-OH is 1. The summed E-state index contributed by atoms with van der Waals surface area (Å²) < 4.78 is 31.6. The molecule has 5 nitrogen and oxygen atoms in total. The van der Waals surface area contributed by atoms with Gasteiger partial charge in [-0.3, -0.25) is 0 Å². The van der Waals surface area contributed by atoms with Crippen molar-refractivity contribution in [3.05, 3.63) is 36.2 Å². The minimum absolute atomic E-state index is 0.201. The van der Waals surface area contributed by atoms with Crippen LogP contribution in [0, 0.1) is 0 Å². The summed E-state index contributed by atoms with van der Waals surface area (Å²) in [5, 5.41) is 10.3. The van der Waals surface area contributed by atoms with Crippen LogP contribution in [0.3, 0.4) is 0 Å². The van der Waals surface area contributed by atoms with Gasteiger partial charge in [0.25, 0.3) is 0 Å². The van der Waals surface area contributed by atoms with Gasteiger partial charge in [0.2, 0.25) is 0 Å². The van der Waals surface area contributed by atoms with Crippen LogP contribution in [0.2, 0.25) is 0 Å². The molecule has 2 rings (SSSR count). The van der Waals surface area contributed by atoms with E-state index in [0.717, 1.165) is 0 Å². The number of fused-ring (bicyclic) bond motifs is 1. The van der Waals surface area contributed by atoms with Gasteiger partial charge >= 0.3 is 11.9 Å². The van der Waals surface area contributed by atoms with E-state index < -0.39 is 18.0 Å². The number of hydrogen-bond acceptors (Lipinski definition) is 5. The number of ether oxygens (including phenoxy) is 1. The summed E-state index contributed by atoms with van der Waals surface area (Å²) in [4.78, 5) is 18.9. The fourth-order valence-corrected chi connectivity index (χ4v) is 1.64. The Morgan fingerprint density at radius 1 is 1.45 bits per heavy atom.